The van der Waals surface area contributed by atoms with Crippen molar-refractivity contribution in [2.45, 2.75) is 37.0 Å². The minimum Gasteiger partial charge on any atom is -0.480 e. The Balaban J connectivity index is 2.09. The first-order valence-corrected chi connectivity index (χ1v) is 11.6. The summed E-state index contributed by atoms with van der Waals surface area (Å²) in [5, 5.41) is 26.2. The van der Waals surface area contributed by atoms with Gasteiger partial charge in [-0.05, 0) is 17.5 Å². The highest BCUT2D eigenvalue weighted by molar-refractivity contribution is 7.80. The second-order valence-electron chi connectivity index (χ2n) is 7.87. The van der Waals surface area contributed by atoms with Crippen LogP contribution in [0.1, 0.15) is 11.1 Å². The van der Waals surface area contributed by atoms with Crippen LogP contribution in [0.25, 0.3) is 0 Å². The number of carbonyl (C=O) groups is 4. The Morgan fingerprint density at radius 1 is 0.743 bits per heavy atom. The van der Waals surface area contributed by atoms with Crippen LogP contribution in [0.5, 0.6) is 0 Å². The van der Waals surface area contributed by atoms with Gasteiger partial charge in [0.1, 0.15) is 18.1 Å². The zero-order chi connectivity index (χ0) is 25.8. The molecular weight excluding hydrogens is 472 g/mol. The van der Waals surface area contributed by atoms with Crippen LogP contribution in [0.4, 0.5) is 0 Å². The number of aliphatic hydroxyl groups excluding tert-OH is 1. The molecule has 4 atom stereocenters. The number of nitrogens with two attached hydrogens (primary N) is 1. The fraction of sp³-hybridized carbons (Fsp3) is 0.333. The third kappa shape index (κ3) is 9.04. The van der Waals surface area contributed by atoms with Crippen molar-refractivity contribution >= 4 is 36.3 Å². The third-order valence-electron chi connectivity index (χ3n) is 5.16. The maximum atomic E-state index is 12.8. The van der Waals surface area contributed by atoms with Crippen LogP contribution in [0.2, 0.25) is 0 Å². The van der Waals surface area contributed by atoms with Gasteiger partial charge in [-0.2, -0.15) is 12.6 Å². The first-order chi connectivity index (χ1) is 16.7. The van der Waals surface area contributed by atoms with Crippen LogP contribution < -0.4 is 21.7 Å². The fourth-order valence-corrected chi connectivity index (χ4v) is 3.47. The SMILES string of the molecule is NC(Cc1ccccc1)C(=O)NC(CO)C(=O)NC(Cc1ccccc1)C(=O)NC(CS)C(=O)O. The number of aliphatic carboxylic acids is 1. The molecule has 11 heteroatoms. The Kier molecular flexibility index (Phi) is 11.2. The Morgan fingerprint density at radius 2 is 1.20 bits per heavy atom. The molecule has 188 valence electrons. The van der Waals surface area contributed by atoms with E-state index >= 15 is 0 Å². The van der Waals surface area contributed by atoms with Crippen molar-refractivity contribution in [1.29, 1.82) is 0 Å². The Morgan fingerprint density at radius 3 is 1.69 bits per heavy atom. The lowest BCUT2D eigenvalue weighted by Crippen LogP contribution is -2.58. The van der Waals surface area contributed by atoms with Crippen molar-refractivity contribution in [3.8, 4) is 0 Å². The standard InChI is InChI=1S/C24H30N4O6S/c25-17(11-15-7-3-1-4-8-15)21(30)27-19(13-29)23(32)26-18(12-16-9-5-2-6-10-16)22(31)28-20(14-35)24(33)34/h1-10,17-20,29,35H,11-14,25H2,(H,26,32)(H,27,30)(H,28,31)(H,33,34). The quantitative estimate of drug-likeness (QED) is 0.177. The number of carboxylic acids is 1. The van der Waals surface area contributed by atoms with Crippen molar-refractivity contribution < 1.29 is 29.4 Å². The van der Waals surface area contributed by atoms with Crippen LogP contribution in [-0.4, -0.2) is 70.4 Å². The van der Waals surface area contributed by atoms with Gasteiger partial charge in [-0.1, -0.05) is 60.7 Å². The molecule has 0 saturated carbocycles. The molecule has 0 aliphatic carbocycles. The minimum absolute atomic E-state index is 0.0525. The van der Waals surface area contributed by atoms with E-state index in [1.165, 1.54) is 0 Å². The highest BCUT2D eigenvalue weighted by Crippen LogP contribution is 2.06. The number of nitrogens with one attached hydrogen (secondary N) is 3. The van der Waals surface area contributed by atoms with Crippen LogP contribution in [0.3, 0.4) is 0 Å². The van der Waals surface area contributed by atoms with Gasteiger partial charge in [0, 0.05) is 12.2 Å². The van der Waals surface area contributed by atoms with Crippen LogP contribution >= 0.6 is 12.6 Å². The van der Waals surface area contributed by atoms with E-state index in [1.807, 2.05) is 30.3 Å². The van der Waals surface area contributed by atoms with Gasteiger partial charge in [-0.25, -0.2) is 4.79 Å². The number of carboxylic acid groups (broad SMARTS) is 1. The number of thiol groups is 1. The summed E-state index contributed by atoms with van der Waals surface area (Å²) in [7, 11) is 0. The van der Waals surface area contributed by atoms with Gasteiger partial charge in [0.2, 0.25) is 17.7 Å². The maximum Gasteiger partial charge on any atom is 0.327 e. The molecule has 0 aromatic heterocycles. The summed E-state index contributed by atoms with van der Waals surface area (Å²) in [4.78, 5) is 49.5. The van der Waals surface area contributed by atoms with Gasteiger partial charge in [0.15, 0.2) is 0 Å². The predicted octanol–water partition coefficient (Wildman–Crippen LogP) is -0.740. The van der Waals surface area contributed by atoms with Gasteiger partial charge in [0.05, 0.1) is 12.6 Å². The van der Waals surface area contributed by atoms with E-state index in [0.29, 0.717) is 5.56 Å². The number of hydrogen-bond acceptors (Lipinski definition) is 7. The van der Waals surface area contributed by atoms with Crippen molar-refractivity contribution in [1.82, 2.24) is 16.0 Å². The normalized spacial score (nSPS) is 14.1. The Labute approximate surface area is 208 Å². The lowest BCUT2D eigenvalue weighted by molar-refractivity contribution is -0.141. The number of carbonyl (C=O) groups excluding carboxylic acids is 3. The lowest BCUT2D eigenvalue weighted by Gasteiger charge is -2.24. The summed E-state index contributed by atoms with van der Waals surface area (Å²) >= 11 is 3.93. The van der Waals surface area contributed by atoms with Crippen molar-refractivity contribution in [2.24, 2.45) is 5.73 Å². The zero-order valence-electron chi connectivity index (χ0n) is 19.0. The molecule has 0 aliphatic heterocycles. The Hall–Kier alpha value is -3.41. The predicted molar refractivity (Wildman–Crippen MR) is 133 cm³/mol. The summed E-state index contributed by atoms with van der Waals surface area (Å²) < 4.78 is 0. The monoisotopic (exact) mass is 502 g/mol. The molecule has 0 heterocycles. The maximum absolute atomic E-state index is 12.8. The van der Waals surface area contributed by atoms with Gasteiger partial charge in [-0.3, -0.25) is 14.4 Å². The summed E-state index contributed by atoms with van der Waals surface area (Å²) in [6.07, 6.45) is 0.280. The molecule has 0 saturated heterocycles. The molecule has 2 aromatic rings. The molecule has 0 fully saturated rings. The topological polar surface area (TPSA) is 171 Å². The van der Waals surface area contributed by atoms with Crippen molar-refractivity contribution in [3.63, 3.8) is 0 Å². The molecule has 0 spiro atoms. The molecular formula is C24H30N4O6S. The Bertz CT molecular complexity index is 992. The third-order valence-corrected chi connectivity index (χ3v) is 5.53. The second-order valence-corrected chi connectivity index (χ2v) is 8.24. The number of hydrogen-bond donors (Lipinski definition) is 7. The summed E-state index contributed by atoms with van der Waals surface area (Å²) in [6, 6.07) is 13.1. The van der Waals surface area contributed by atoms with Crippen LogP contribution in [0, 0.1) is 0 Å². The molecule has 4 unspecified atom stereocenters. The summed E-state index contributed by atoms with van der Waals surface area (Å²) in [5.74, 6) is -3.63. The lowest BCUT2D eigenvalue weighted by atomic mass is 10.0. The smallest absolute Gasteiger partial charge is 0.327 e. The van der Waals surface area contributed by atoms with E-state index < -0.39 is 54.5 Å². The molecule has 0 radical (unpaired) electrons. The van der Waals surface area contributed by atoms with Crippen molar-refractivity contribution in [3.05, 3.63) is 71.8 Å². The summed E-state index contributed by atoms with van der Waals surface area (Å²) in [6.45, 7) is -0.732. The fourth-order valence-electron chi connectivity index (χ4n) is 3.22. The number of amides is 3. The van der Waals surface area contributed by atoms with E-state index in [9.17, 15) is 29.4 Å². The average molecular weight is 503 g/mol. The molecule has 2 aromatic carbocycles. The van der Waals surface area contributed by atoms with E-state index in [-0.39, 0.29) is 18.6 Å². The molecule has 0 bridgehead atoms. The average Bonchev–Trinajstić information content (AvgIpc) is 2.85. The van der Waals surface area contributed by atoms with Gasteiger partial charge >= 0.3 is 5.97 Å². The molecule has 2 rings (SSSR count). The first kappa shape index (κ1) is 27.8. The molecule has 0 aliphatic rings. The second kappa shape index (κ2) is 14.1. The molecule has 3 amide bonds. The minimum atomic E-state index is -1.37. The van der Waals surface area contributed by atoms with Gasteiger partial charge < -0.3 is 31.9 Å². The van der Waals surface area contributed by atoms with Gasteiger partial charge in [-0.15, -0.1) is 0 Å². The largest absolute Gasteiger partial charge is 0.480 e. The van der Waals surface area contributed by atoms with E-state index in [0.717, 1.165) is 5.56 Å². The highest BCUT2D eigenvalue weighted by atomic mass is 32.1. The van der Waals surface area contributed by atoms with Crippen LogP contribution in [-0.2, 0) is 32.0 Å². The highest BCUT2D eigenvalue weighted by Gasteiger charge is 2.30. The van der Waals surface area contributed by atoms with Crippen LogP contribution in [0.15, 0.2) is 60.7 Å². The molecule has 7 N–H and O–H groups in total. The summed E-state index contributed by atoms with van der Waals surface area (Å²) in [5.41, 5.74) is 7.49. The van der Waals surface area contributed by atoms with E-state index in [1.54, 1.807) is 30.3 Å². The van der Waals surface area contributed by atoms with Gasteiger partial charge in [0.25, 0.3) is 0 Å². The zero-order valence-corrected chi connectivity index (χ0v) is 19.9. The van der Waals surface area contributed by atoms with E-state index in [2.05, 4.69) is 28.6 Å². The number of aliphatic hydroxyl groups is 1. The molecule has 10 nitrogen and oxygen atoms in total. The number of rotatable bonds is 13. The molecule has 35 heavy (non-hydrogen) atoms. The van der Waals surface area contributed by atoms with E-state index in [4.69, 9.17) is 5.73 Å². The first-order valence-electron chi connectivity index (χ1n) is 10.9. The van der Waals surface area contributed by atoms with Crippen molar-refractivity contribution in [2.75, 3.05) is 12.4 Å². The number of benzene rings is 2.